The van der Waals surface area contributed by atoms with Crippen molar-refractivity contribution in [2.45, 2.75) is 0 Å². The van der Waals surface area contributed by atoms with Gasteiger partial charge in [0.25, 0.3) is 0 Å². The lowest BCUT2D eigenvalue weighted by Crippen LogP contribution is -2.10. The monoisotopic (exact) mass is 703 g/mol. The Morgan fingerprint density at radius 2 is 0.907 bits per heavy atom. The van der Waals surface area contributed by atoms with E-state index < -0.39 is 0 Å². The molecular formula is C52H33NS. The van der Waals surface area contributed by atoms with Gasteiger partial charge in [-0.05, 0) is 96.4 Å². The van der Waals surface area contributed by atoms with Crippen LogP contribution in [0.15, 0.2) is 200 Å². The second kappa shape index (κ2) is 12.4. The highest BCUT2D eigenvalue weighted by Gasteiger charge is 2.20. The number of rotatable bonds is 5. The summed E-state index contributed by atoms with van der Waals surface area (Å²) >= 11 is 1.89. The van der Waals surface area contributed by atoms with Crippen LogP contribution >= 0.6 is 11.3 Å². The lowest BCUT2D eigenvalue weighted by molar-refractivity contribution is 1.30. The van der Waals surface area contributed by atoms with Gasteiger partial charge in [-0.25, -0.2) is 0 Å². The van der Waals surface area contributed by atoms with Crippen molar-refractivity contribution in [1.29, 1.82) is 0 Å². The first-order valence-electron chi connectivity index (χ1n) is 18.5. The van der Waals surface area contributed by atoms with E-state index in [1.807, 2.05) is 11.3 Å². The number of nitrogens with zero attached hydrogens (tertiary/aromatic N) is 1. The zero-order chi connectivity index (χ0) is 35.6. The number of benzene rings is 10. The van der Waals surface area contributed by atoms with Crippen molar-refractivity contribution in [3.05, 3.63) is 200 Å². The van der Waals surface area contributed by atoms with Crippen LogP contribution in [0.1, 0.15) is 0 Å². The first-order valence-corrected chi connectivity index (χ1v) is 19.3. The van der Waals surface area contributed by atoms with Gasteiger partial charge in [0.15, 0.2) is 0 Å². The third-order valence-electron chi connectivity index (χ3n) is 11.0. The normalized spacial score (nSPS) is 11.7. The summed E-state index contributed by atoms with van der Waals surface area (Å²) in [6.45, 7) is 0. The van der Waals surface area contributed by atoms with E-state index in [1.165, 1.54) is 85.5 Å². The Morgan fingerprint density at radius 1 is 0.315 bits per heavy atom. The van der Waals surface area contributed by atoms with Crippen molar-refractivity contribution in [3.8, 4) is 22.3 Å². The van der Waals surface area contributed by atoms with Crippen LogP contribution in [-0.2, 0) is 0 Å². The molecule has 11 aromatic rings. The van der Waals surface area contributed by atoms with Crippen molar-refractivity contribution < 1.29 is 0 Å². The molecule has 0 radical (unpaired) electrons. The maximum absolute atomic E-state index is 2.45. The Kier molecular flexibility index (Phi) is 7.11. The van der Waals surface area contributed by atoms with Crippen LogP contribution in [0.4, 0.5) is 17.1 Å². The number of hydrogen-bond acceptors (Lipinski definition) is 2. The second-order valence-electron chi connectivity index (χ2n) is 14.1. The van der Waals surface area contributed by atoms with Gasteiger partial charge in [-0.2, -0.15) is 0 Å². The van der Waals surface area contributed by atoms with E-state index in [1.54, 1.807) is 0 Å². The minimum absolute atomic E-state index is 1.12. The van der Waals surface area contributed by atoms with Crippen molar-refractivity contribution in [2.75, 3.05) is 4.90 Å². The summed E-state index contributed by atoms with van der Waals surface area (Å²) in [4.78, 5) is 2.45. The molecule has 0 bridgehead atoms. The zero-order valence-corrected chi connectivity index (χ0v) is 30.2. The van der Waals surface area contributed by atoms with E-state index in [0.29, 0.717) is 0 Å². The highest BCUT2D eigenvalue weighted by Crippen LogP contribution is 2.46. The van der Waals surface area contributed by atoms with Crippen LogP contribution in [0, 0.1) is 0 Å². The van der Waals surface area contributed by atoms with E-state index >= 15 is 0 Å². The molecule has 10 aromatic carbocycles. The Morgan fingerprint density at radius 3 is 1.70 bits per heavy atom. The van der Waals surface area contributed by atoms with Crippen LogP contribution in [0.3, 0.4) is 0 Å². The average Bonchev–Trinajstić information content (AvgIpc) is 3.63. The van der Waals surface area contributed by atoms with Crippen LogP contribution in [0.2, 0.25) is 0 Å². The Balaban J connectivity index is 1.14. The standard InChI is InChI=1S/C52H33NS/c1-2-12-34(13-3-1)35-22-25-38(26-23-35)53(39-27-29-47-48-28-24-36-14-4-7-17-41(36)52(48)54-51(47)33-39)50-31-30-45(43-19-10-11-21-46(43)50)49-32-37-15-5-6-16-40(37)42-18-8-9-20-44(42)49/h1-33H. The number of thiophene rings is 1. The highest BCUT2D eigenvalue weighted by molar-refractivity contribution is 7.26. The summed E-state index contributed by atoms with van der Waals surface area (Å²) < 4.78 is 2.63. The van der Waals surface area contributed by atoms with Crippen LogP contribution < -0.4 is 4.90 Å². The molecule has 0 unspecified atom stereocenters. The summed E-state index contributed by atoms with van der Waals surface area (Å²) in [7, 11) is 0. The molecule has 0 saturated heterocycles. The summed E-state index contributed by atoms with van der Waals surface area (Å²) in [5.41, 5.74) is 8.32. The number of anilines is 3. The largest absolute Gasteiger partial charge is 0.310 e. The highest BCUT2D eigenvalue weighted by atomic mass is 32.1. The van der Waals surface area contributed by atoms with Crippen LogP contribution in [0.5, 0.6) is 0 Å². The summed E-state index contributed by atoms with van der Waals surface area (Å²) in [5, 5.41) is 12.7. The van der Waals surface area contributed by atoms with Gasteiger partial charge < -0.3 is 4.90 Å². The summed E-state index contributed by atoms with van der Waals surface area (Å²) in [6, 6.07) is 73.5. The van der Waals surface area contributed by atoms with Gasteiger partial charge in [-0.15, -0.1) is 11.3 Å². The Bertz CT molecular complexity index is 3210. The molecule has 0 amide bonds. The third-order valence-corrected chi connectivity index (χ3v) is 12.2. The zero-order valence-electron chi connectivity index (χ0n) is 29.4. The maximum Gasteiger partial charge on any atom is 0.0540 e. The molecule has 0 aliphatic carbocycles. The van der Waals surface area contributed by atoms with Gasteiger partial charge in [-0.3, -0.25) is 0 Å². The molecule has 2 heteroatoms. The van der Waals surface area contributed by atoms with Crippen molar-refractivity contribution in [3.63, 3.8) is 0 Å². The SMILES string of the molecule is c1ccc(-c2ccc(N(c3ccc4c(c3)sc3c5ccccc5ccc43)c3ccc(-c4cc5ccccc5c5ccccc45)c4ccccc34)cc2)cc1. The lowest BCUT2D eigenvalue weighted by Gasteiger charge is -2.28. The van der Waals surface area contributed by atoms with Crippen LogP contribution in [-0.4, -0.2) is 0 Å². The molecule has 1 aromatic heterocycles. The summed E-state index contributed by atoms with van der Waals surface area (Å²) in [5.74, 6) is 0. The molecule has 0 aliphatic rings. The molecule has 0 fully saturated rings. The minimum Gasteiger partial charge on any atom is -0.310 e. The van der Waals surface area contributed by atoms with Crippen molar-refractivity contribution >= 4 is 91.7 Å². The molecule has 0 atom stereocenters. The third kappa shape index (κ3) is 4.92. The molecule has 252 valence electrons. The van der Waals surface area contributed by atoms with Gasteiger partial charge >= 0.3 is 0 Å². The first kappa shape index (κ1) is 30.8. The molecule has 0 saturated carbocycles. The maximum atomic E-state index is 2.45. The second-order valence-corrected chi connectivity index (χ2v) is 15.1. The predicted octanol–water partition coefficient (Wildman–Crippen LogP) is 15.5. The van der Waals surface area contributed by atoms with Gasteiger partial charge in [-0.1, -0.05) is 164 Å². The Hall–Kier alpha value is -6.74. The van der Waals surface area contributed by atoms with E-state index in [4.69, 9.17) is 0 Å². The first-order chi connectivity index (χ1) is 26.8. The number of hydrogen-bond donors (Lipinski definition) is 0. The molecule has 54 heavy (non-hydrogen) atoms. The molecular weight excluding hydrogens is 671 g/mol. The number of fused-ring (bicyclic) bond motifs is 9. The summed E-state index contributed by atoms with van der Waals surface area (Å²) in [6.07, 6.45) is 0. The lowest BCUT2D eigenvalue weighted by atomic mass is 9.90. The predicted molar refractivity (Wildman–Crippen MR) is 235 cm³/mol. The molecule has 1 nitrogen and oxygen atoms in total. The Labute approximate surface area is 317 Å². The molecule has 0 aliphatic heterocycles. The fraction of sp³-hybridized carbons (Fsp3) is 0. The van der Waals surface area contributed by atoms with Crippen molar-refractivity contribution in [2.24, 2.45) is 0 Å². The fourth-order valence-electron chi connectivity index (χ4n) is 8.48. The molecule has 0 N–H and O–H groups in total. The van der Waals surface area contributed by atoms with E-state index in [-0.39, 0.29) is 0 Å². The van der Waals surface area contributed by atoms with Gasteiger partial charge in [0, 0.05) is 36.9 Å². The quantitative estimate of drug-likeness (QED) is 0.161. The molecule has 11 rings (SSSR count). The average molecular weight is 704 g/mol. The van der Waals surface area contributed by atoms with E-state index in [9.17, 15) is 0 Å². The topological polar surface area (TPSA) is 3.24 Å². The smallest absolute Gasteiger partial charge is 0.0540 e. The molecule has 0 spiro atoms. The van der Waals surface area contributed by atoms with E-state index in [0.717, 1.165) is 17.1 Å². The van der Waals surface area contributed by atoms with E-state index in [2.05, 4.69) is 205 Å². The minimum atomic E-state index is 1.12. The molecule has 1 heterocycles. The van der Waals surface area contributed by atoms with Gasteiger partial charge in [0.1, 0.15) is 0 Å². The fourth-order valence-corrected chi connectivity index (χ4v) is 9.75. The van der Waals surface area contributed by atoms with Crippen LogP contribution in [0.25, 0.3) is 85.5 Å². The van der Waals surface area contributed by atoms with Gasteiger partial charge in [0.2, 0.25) is 0 Å². The van der Waals surface area contributed by atoms with Gasteiger partial charge in [0.05, 0.1) is 5.69 Å². The van der Waals surface area contributed by atoms with Crippen molar-refractivity contribution in [1.82, 2.24) is 0 Å².